The van der Waals surface area contributed by atoms with Gasteiger partial charge in [0.05, 0.1) is 6.67 Å². The van der Waals surface area contributed by atoms with Crippen molar-refractivity contribution in [3.05, 3.63) is 28.8 Å². The van der Waals surface area contributed by atoms with Crippen molar-refractivity contribution >= 4 is 12.4 Å². The summed E-state index contributed by atoms with van der Waals surface area (Å²) in [7, 11) is 0. The number of nitrogens with two attached hydrogens (primary N) is 1. The van der Waals surface area contributed by atoms with Crippen LogP contribution in [0.15, 0.2) is 12.1 Å². The highest BCUT2D eigenvalue weighted by Crippen LogP contribution is 2.26. The summed E-state index contributed by atoms with van der Waals surface area (Å²) in [4.78, 5) is 0. The first-order valence-electron chi connectivity index (χ1n) is 4.68. The van der Waals surface area contributed by atoms with Gasteiger partial charge in [-0.05, 0) is 37.0 Å². The smallest absolute Gasteiger partial charge is 0.121 e. The Labute approximate surface area is 95.7 Å². The first-order valence-corrected chi connectivity index (χ1v) is 4.68. The van der Waals surface area contributed by atoms with Crippen molar-refractivity contribution in [3.8, 4) is 5.75 Å². The van der Waals surface area contributed by atoms with E-state index in [1.54, 1.807) is 0 Å². The molecule has 0 aromatic heterocycles. The van der Waals surface area contributed by atoms with Gasteiger partial charge in [-0.3, -0.25) is 4.39 Å². The molecule has 0 radical (unpaired) electrons. The molecule has 1 aromatic carbocycles. The maximum Gasteiger partial charge on any atom is 0.121 e. The molecule has 15 heavy (non-hydrogen) atoms. The van der Waals surface area contributed by atoms with Crippen molar-refractivity contribution in [1.29, 1.82) is 0 Å². The first-order chi connectivity index (χ1) is 6.56. The van der Waals surface area contributed by atoms with Gasteiger partial charge in [0.1, 0.15) is 5.75 Å². The standard InChI is InChI=1S/C11H16FNO.ClH/c1-7-5-9(10(13)3-4-12)6-8(2)11(7)14;/h5-6,10,14H,3-4,13H2,1-2H3;1H/t10-;/m1./s1. The second-order valence-corrected chi connectivity index (χ2v) is 3.59. The Balaban J connectivity index is 0.00000196. The molecule has 0 saturated carbocycles. The third kappa shape index (κ3) is 3.36. The highest BCUT2D eigenvalue weighted by atomic mass is 35.5. The second kappa shape index (κ2) is 5.93. The zero-order valence-corrected chi connectivity index (χ0v) is 9.77. The number of rotatable bonds is 3. The number of phenols is 1. The Morgan fingerprint density at radius 2 is 1.80 bits per heavy atom. The molecule has 0 heterocycles. The van der Waals surface area contributed by atoms with Crippen molar-refractivity contribution in [3.63, 3.8) is 0 Å². The molecule has 2 nitrogen and oxygen atoms in total. The molecule has 4 heteroatoms. The zero-order chi connectivity index (χ0) is 10.7. The van der Waals surface area contributed by atoms with Crippen LogP contribution in [0, 0.1) is 13.8 Å². The number of phenolic OH excluding ortho intramolecular Hbond substituents is 1. The van der Waals surface area contributed by atoms with E-state index < -0.39 is 6.67 Å². The number of hydrogen-bond donors (Lipinski definition) is 2. The van der Waals surface area contributed by atoms with Gasteiger partial charge in [0.15, 0.2) is 0 Å². The van der Waals surface area contributed by atoms with Gasteiger partial charge >= 0.3 is 0 Å². The van der Waals surface area contributed by atoms with Gasteiger partial charge in [-0.1, -0.05) is 12.1 Å². The van der Waals surface area contributed by atoms with Crippen LogP contribution in [0.25, 0.3) is 0 Å². The third-order valence-electron chi connectivity index (χ3n) is 2.36. The summed E-state index contributed by atoms with van der Waals surface area (Å²) in [5, 5.41) is 9.53. The van der Waals surface area contributed by atoms with Crippen molar-refractivity contribution < 1.29 is 9.50 Å². The van der Waals surface area contributed by atoms with Crippen LogP contribution in [0.4, 0.5) is 4.39 Å². The summed E-state index contributed by atoms with van der Waals surface area (Å²) in [6.45, 7) is 3.21. The Bertz CT molecular complexity index is 307. The molecule has 0 spiro atoms. The predicted molar refractivity (Wildman–Crippen MR) is 62.3 cm³/mol. The molecule has 86 valence electrons. The van der Waals surface area contributed by atoms with Gasteiger partial charge in [-0.2, -0.15) is 0 Å². The van der Waals surface area contributed by atoms with Crippen LogP contribution < -0.4 is 5.73 Å². The quantitative estimate of drug-likeness (QED) is 0.844. The van der Waals surface area contributed by atoms with Crippen molar-refractivity contribution in [2.75, 3.05) is 6.67 Å². The lowest BCUT2D eigenvalue weighted by Gasteiger charge is -2.13. The number of aromatic hydroxyl groups is 1. The molecule has 1 aromatic rings. The zero-order valence-electron chi connectivity index (χ0n) is 8.96. The summed E-state index contributed by atoms with van der Waals surface area (Å²) >= 11 is 0. The molecule has 0 aliphatic rings. The molecule has 0 bridgehead atoms. The largest absolute Gasteiger partial charge is 0.507 e. The maximum atomic E-state index is 12.1. The Kier molecular flexibility index (Phi) is 5.61. The molecule has 0 aliphatic carbocycles. The maximum absolute atomic E-state index is 12.1. The summed E-state index contributed by atoms with van der Waals surface area (Å²) in [5.41, 5.74) is 8.23. The molecule has 0 saturated heterocycles. The molecule has 1 atom stereocenters. The Morgan fingerprint density at radius 3 is 2.20 bits per heavy atom. The molecule has 0 fully saturated rings. The lowest BCUT2D eigenvalue weighted by molar-refractivity contribution is 0.440. The highest BCUT2D eigenvalue weighted by molar-refractivity contribution is 5.85. The SMILES string of the molecule is Cc1cc([C@H](N)CCF)cc(C)c1O.Cl. The van der Waals surface area contributed by atoms with Gasteiger partial charge in [-0.25, -0.2) is 0 Å². The van der Waals surface area contributed by atoms with E-state index in [1.807, 2.05) is 26.0 Å². The number of benzene rings is 1. The fraction of sp³-hybridized carbons (Fsp3) is 0.455. The monoisotopic (exact) mass is 233 g/mol. The van der Waals surface area contributed by atoms with E-state index in [0.29, 0.717) is 12.2 Å². The minimum atomic E-state index is -0.417. The summed E-state index contributed by atoms with van der Waals surface area (Å²) in [6.07, 6.45) is 0.323. The van der Waals surface area contributed by atoms with Crippen LogP contribution in [0.2, 0.25) is 0 Å². The van der Waals surface area contributed by atoms with Gasteiger partial charge in [-0.15, -0.1) is 12.4 Å². The average molecular weight is 234 g/mol. The fourth-order valence-corrected chi connectivity index (χ4v) is 1.49. The molecule has 3 N–H and O–H groups in total. The second-order valence-electron chi connectivity index (χ2n) is 3.59. The third-order valence-corrected chi connectivity index (χ3v) is 2.36. The van der Waals surface area contributed by atoms with E-state index in [9.17, 15) is 9.50 Å². The van der Waals surface area contributed by atoms with Gasteiger partial charge in [0, 0.05) is 6.04 Å². The summed E-state index contributed by atoms with van der Waals surface area (Å²) in [5.74, 6) is 0.293. The van der Waals surface area contributed by atoms with Crippen LogP contribution in [0.1, 0.15) is 29.2 Å². The van der Waals surface area contributed by atoms with Crippen LogP contribution in [0.3, 0.4) is 0 Å². The van der Waals surface area contributed by atoms with E-state index in [4.69, 9.17) is 5.73 Å². The van der Waals surface area contributed by atoms with Gasteiger partial charge in [0.25, 0.3) is 0 Å². The number of halogens is 2. The van der Waals surface area contributed by atoms with E-state index in [0.717, 1.165) is 16.7 Å². The van der Waals surface area contributed by atoms with E-state index in [1.165, 1.54) is 0 Å². The molecular formula is C11H17ClFNO. The highest BCUT2D eigenvalue weighted by Gasteiger charge is 2.09. The predicted octanol–water partition coefficient (Wildman–Crippen LogP) is 2.79. The van der Waals surface area contributed by atoms with Crippen molar-refractivity contribution in [1.82, 2.24) is 0 Å². The van der Waals surface area contributed by atoms with Crippen LogP contribution in [-0.2, 0) is 0 Å². The number of aryl methyl sites for hydroxylation is 2. The lowest BCUT2D eigenvalue weighted by Crippen LogP contribution is -2.11. The lowest BCUT2D eigenvalue weighted by atomic mass is 9.99. The number of alkyl halides is 1. The Morgan fingerprint density at radius 1 is 1.33 bits per heavy atom. The Hall–Kier alpha value is -0.800. The first kappa shape index (κ1) is 14.2. The molecule has 0 amide bonds. The number of hydrogen-bond acceptors (Lipinski definition) is 2. The summed E-state index contributed by atoms with van der Waals surface area (Å²) < 4.78 is 12.1. The molecular weight excluding hydrogens is 217 g/mol. The fourth-order valence-electron chi connectivity index (χ4n) is 1.49. The molecule has 0 aliphatic heterocycles. The minimum Gasteiger partial charge on any atom is -0.507 e. The van der Waals surface area contributed by atoms with E-state index >= 15 is 0 Å². The normalized spacial score (nSPS) is 12.0. The van der Waals surface area contributed by atoms with Gasteiger partial charge < -0.3 is 10.8 Å². The molecule has 1 rings (SSSR count). The summed E-state index contributed by atoms with van der Waals surface area (Å²) in [6, 6.07) is 3.34. The average Bonchev–Trinajstić information content (AvgIpc) is 2.13. The van der Waals surface area contributed by atoms with E-state index in [2.05, 4.69) is 0 Å². The van der Waals surface area contributed by atoms with Gasteiger partial charge in [0.2, 0.25) is 0 Å². The van der Waals surface area contributed by atoms with Crippen LogP contribution in [-0.4, -0.2) is 11.8 Å². The van der Waals surface area contributed by atoms with Crippen LogP contribution >= 0.6 is 12.4 Å². The minimum absolute atomic E-state index is 0. The topological polar surface area (TPSA) is 46.2 Å². The van der Waals surface area contributed by atoms with Crippen LogP contribution in [0.5, 0.6) is 5.75 Å². The van der Waals surface area contributed by atoms with Crippen molar-refractivity contribution in [2.45, 2.75) is 26.3 Å². The molecule has 0 unspecified atom stereocenters. The van der Waals surface area contributed by atoms with Crippen molar-refractivity contribution in [2.24, 2.45) is 5.73 Å². The van der Waals surface area contributed by atoms with E-state index in [-0.39, 0.29) is 18.4 Å².